The SMILES string of the molecule is CCOCCCNC(=O)/C(C#N)=C/c1cnn(-c2ccccc2)c1. The third-order valence-electron chi connectivity index (χ3n) is 3.25. The third kappa shape index (κ3) is 5.07. The fourth-order valence-corrected chi connectivity index (χ4v) is 2.06. The minimum Gasteiger partial charge on any atom is -0.382 e. The third-order valence-corrected chi connectivity index (χ3v) is 3.25. The van der Waals surface area contributed by atoms with E-state index in [4.69, 9.17) is 4.74 Å². The van der Waals surface area contributed by atoms with E-state index in [9.17, 15) is 10.1 Å². The summed E-state index contributed by atoms with van der Waals surface area (Å²) in [6.07, 6.45) is 5.64. The van der Waals surface area contributed by atoms with E-state index >= 15 is 0 Å². The van der Waals surface area contributed by atoms with Gasteiger partial charge in [-0.1, -0.05) is 18.2 Å². The number of rotatable bonds is 8. The first-order valence-corrected chi connectivity index (χ1v) is 7.82. The highest BCUT2D eigenvalue weighted by Gasteiger charge is 2.09. The first-order valence-electron chi connectivity index (χ1n) is 7.82. The van der Waals surface area contributed by atoms with Gasteiger partial charge in [-0.25, -0.2) is 4.68 Å². The van der Waals surface area contributed by atoms with Gasteiger partial charge in [0.1, 0.15) is 11.6 Å². The molecule has 0 atom stereocenters. The summed E-state index contributed by atoms with van der Waals surface area (Å²) in [5.41, 5.74) is 1.66. The Hall–Kier alpha value is -2.91. The normalized spacial score (nSPS) is 11.1. The second kappa shape index (κ2) is 9.28. The first-order chi connectivity index (χ1) is 11.7. The zero-order chi connectivity index (χ0) is 17.2. The summed E-state index contributed by atoms with van der Waals surface area (Å²) in [6.45, 7) is 3.64. The van der Waals surface area contributed by atoms with E-state index in [0.717, 1.165) is 5.69 Å². The molecule has 0 spiro atoms. The average Bonchev–Trinajstić information content (AvgIpc) is 3.08. The maximum Gasteiger partial charge on any atom is 0.261 e. The van der Waals surface area contributed by atoms with Crippen LogP contribution in [0.3, 0.4) is 0 Å². The van der Waals surface area contributed by atoms with E-state index in [0.29, 0.717) is 31.7 Å². The number of carbonyl (C=O) groups excluding carboxylic acids is 1. The molecular formula is C18H20N4O2. The van der Waals surface area contributed by atoms with Crippen LogP contribution in [0.15, 0.2) is 48.3 Å². The molecule has 1 aromatic heterocycles. The topological polar surface area (TPSA) is 79.9 Å². The van der Waals surface area contributed by atoms with Crippen molar-refractivity contribution in [3.8, 4) is 11.8 Å². The summed E-state index contributed by atoms with van der Waals surface area (Å²) in [6, 6.07) is 11.6. The minimum absolute atomic E-state index is 0.0546. The van der Waals surface area contributed by atoms with Gasteiger partial charge in [0.25, 0.3) is 5.91 Å². The van der Waals surface area contributed by atoms with Crippen LogP contribution in [0, 0.1) is 11.3 Å². The van der Waals surface area contributed by atoms with Gasteiger partial charge < -0.3 is 10.1 Å². The molecule has 0 bridgehead atoms. The summed E-state index contributed by atoms with van der Waals surface area (Å²) in [5, 5.41) is 16.1. The van der Waals surface area contributed by atoms with E-state index in [1.807, 2.05) is 43.3 Å². The number of hydrogen-bond acceptors (Lipinski definition) is 4. The predicted molar refractivity (Wildman–Crippen MR) is 91.3 cm³/mol. The molecule has 2 rings (SSSR count). The van der Waals surface area contributed by atoms with Crippen molar-refractivity contribution < 1.29 is 9.53 Å². The minimum atomic E-state index is -0.388. The van der Waals surface area contributed by atoms with Gasteiger partial charge in [0, 0.05) is 31.5 Å². The van der Waals surface area contributed by atoms with Crippen LogP contribution in [0.5, 0.6) is 0 Å². The quantitative estimate of drug-likeness (QED) is 0.459. The van der Waals surface area contributed by atoms with Crippen molar-refractivity contribution in [2.75, 3.05) is 19.8 Å². The van der Waals surface area contributed by atoms with Crippen LogP contribution in [0.1, 0.15) is 18.9 Å². The summed E-state index contributed by atoms with van der Waals surface area (Å²) >= 11 is 0. The number of ether oxygens (including phenoxy) is 1. The van der Waals surface area contributed by atoms with Gasteiger partial charge in [-0.05, 0) is 31.6 Å². The molecule has 124 valence electrons. The van der Waals surface area contributed by atoms with Crippen LogP contribution in [-0.4, -0.2) is 35.4 Å². The number of nitrogens with zero attached hydrogens (tertiary/aromatic N) is 3. The van der Waals surface area contributed by atoms with Gasteiger partial charge in [0.05, 0.1) is 11.9 Å². The van der Waals surface area contributed by atoms with E-state index in [2.05, 4.69) is 10.4 Å². The largest absolute Gasteiger partial charge is 0.382 e. The Morgan fingerprint density at radius 1 is 1.42 bits per heavy atom. The van der Waals surface area contributed by atoms with E-state index in [-0.39, 0.29) is 11.5 Å². The van der Waals surface area contributed by atoms with Crippen LogP contribution in [0.2, 0.25) is 0 Å². The highest BCUT2D eigenvalue weighted by Crippen LogP contribution is 2.10. The molecule has 0 aliphatic carbocycles. The Balaban J connectivity index is 1.99. The Labute approximate surface area is 141 Å². The summed E-state index contributed by atoms with van der Waals surface area (Å²) in [4.78, 5) is 12.0. The molecule has 0 fully saturated rings. The molecule has 0 saturated carbocycles. The lowest BCUT2D eigenvalue weighted by molar-refractivity contribution is -0.117. The van der Waals surface area contributed by atoms with Crippen LogP contribution in [-0.2, 0) is 9.53 Å². The number of benzene rings is 1. The van der Waals surface area contributed by atoms with Gasteiger partial charge in [-0.15, -0.1) is 0 Å². The molecule has 1 aromatic carbocycles. The Kier molecular flexibility index (Phi) is 6.74. The maximum absolute atomic E-state index is 12.0. The smallest absolute Gasteiger partial charge is 0.261 e. The molecule has 0 aliphatic rings. The van der Waals surface area contributed by atoms with Gasteiger partial charge in [0.15, 0.2) is 0 Å². The van der Waals surface area contributed by atoms with Crippen molar-refractivity contribution in [3.05, 3.63) is 53.9 Å². The van der Waals surface area contributed by atoms with Crippen molar-refractivity contribution >= 4 is 12.0 Å². The van der Waals surface area contributed by atoms with Crippen molar-refractivity contribution in [3.63, 3.8) is 0 Å². The molecular weight excluding hydrogens is 304 g/mol. The Bertz CT molecular complexity index is 729. The fraction of sp³-hybridized carbons (Fsp3) is 0.278. The summed E-state index contributed by atoms with van der Waals surface area (Å²) < 4.78 is 6.90. The predicted octanol–water partition coefficient (Wildman–Crippen LogP) is 2.32. The lowest BCUT2D eigenvalue weighted by Gasteiger charge is -2.04. The fourth-order valence-electron chi connectivity index (χ4n) is 2.06. The molecule has 1 heterocycles. The van der Waals surface area contributed by atoms with Crippen molar-refractivity contribution in [2.45, 2.75) is 13.3 Å². The molecule has 1 amide bonds. The van der Waals surface area contributed by atoms with Crippen LogP contribution in [0.4, 0.5) is 0 Å². The monoisotopic (exact) mass is 324 g/mol. The van der Waals surface area contributed by atoms with Crippen molar-refractivity contribution in [1.82, 2.24) is 15.1 Å². The van der Waals surface area contributed by atoms with Gasteiger partial charge >= 0.3 is 0 Å². The molecule has 6 nitrogen and oxygen atoms in total. The lowest BCUT2D eigenvalue weighted by atomic mass is 10.2. The molecule has 0 saturated heterocycles. The molecule has 0 aliphatic heterocycles. The number of aromatic nitrogens is 2. The molecule has 24 heavy (non-hydrogen) atoms. The number of para-hydroxylation sites is 1. The zero-order valence-electron chi connectivity index (χ0n) is 13.6. The Morgan fingerprint density at radius 3 is 2.92 bits per heavy atom. The summed E-state index contributed by atoms with van der Waals surface area (Å²) in [7, 11) is 0. The highest BCUT2D eigenvalue weighted by atomic mass is 16.5. The van der Waals surface area contributed by atoms with E-state index in [1.54, 1.807) is 17.1 Å². The number of carbonyl (C=O) groups is 1. The lowest BCUT2D eigenvalue weighted by Crippen LogP contribution is -2.26. The molecule has 2 aromatic rings. The van der Waals surface area contributed by atoms with Gasteiger partial charge in [0.2, 0.25) is 0 Å². The Morgan fingerprint density at radius 2 is 2.21 bits per heavy atom. The second-order valence-electron chi connectivity index (χ2n) is 5.03. The number of nitriles is 1. The molecule has 6 heteroatoms. The van der Waals surface area contributed by atoms with E-state index < -0.39 is 0 Å². The second-order valence-corrected chi connectivity index (χ2v) is 5.03. The number of nitrogens with one attached hydrogen (secondary N) is 1. The van der Waals surface area contributed by atoms with Crippen LogP contribution in [0.25, 0.3) is 11.8 Å². The number of hydrogen-bond donors (Lipinski definition) is 1. The van der Waals surface area contributed by atoms with Crippen LogP contribution >= 0.6 is 0 Å². The summed E-state index contributed by atoms with van der Waals surface area (Å²) in [5.74, 6) is -0.388. The average molecular weight is 324 g/mol. The number of amides is 1. The van der Waals surface area contributed by atoms with Gasteiger partial charge in [-0.3, -0.25) is 4.79 Å². The molecule has 0 unspecified atom stereocenters. The maximum atomic E-state index is 12.0. The standard InChI is InChI=1S/C18H20N4O2/c1-2-24-10-6-9-20-18(23)16(12-19)11-15-13-21-22(14-15)17-7-4-3-5-8-17/h3-5,7-8,11,13-14H,2,6,9-10H2,1H3,(H,20,23)/b16-11+. The zero-order valence-corrected chi connectivity index (χ0v) is 13.6. The van der Waals surface area contributed by atoms with Crippen molar-refractivity contribution in [2.24, 2.45) is 0 Å². The van der Waals surface area contributed by atoms with Crippen LogP contribution < -0.4 is 5.32 Å². The first kappa shape index (κ1) is 17.4. The van der Waals surface area contributed by atoms with Gasteiger partial charge in [-0.2, -0.15) is 10.4 Å². The van der Waals surface area contributed by atoms with Crippen molar-refractivity contribution in [1.29, 1.82) is 5.26 Å². The molecule has 1 N–H and O–H groups in total. The molecule has 0 radical (unpaired) electrons. The van der Waals surface area contributed by atoms with E-state index in [1.165, 1.54) is 6.08 Å². The highest BCUT2D eigenvalue weighted by molar-refractivity contribution is 6.01.